The molecule has 0 saturated carbocycles. The van der Waals surface area contributed by atoms with E-state index in [4.69, 9.17) is 9.72 Å². The predicted octanol–water partition coefficient (Wildman–Crippen LogP) is 6.86. The Bertz CT molecular complexity index is 1260. The zero-order valence-electron chi connectivity index (χ0n) is 17.9. The number of aromatic nitrogens is 2. The van der Waals surface area contributed by atoms with E-state index in [1.807, 2.05) is 18.3 Å². The van der Waals surface area contributed by atoms with Gasteiger partial charge < -0.3 is 9.30 Å². The highest BCUT2D eigenvalue weighted by Gasteiger charge is 2.22. The summed E-state index contributed by atoms with van der Waals surface area (Å²) in [5, 5.41) is 0. The summed E-state index contributed by atoms with van der Waals surface area (Å²) in [6.45, 7) is 0. The third-order valence-electron chi connectivity index (χ3n) is 5.73. The van der Waals surface area contributed by atoms with Crippen molar-refractivity contribution in [3.05, 3.63) is 133 Å². The topological polar surface area (TPSA) is 27.1 Å². The minimum Gasteiger partial charge on any atom is -0.497 e. The Kier molecular flexibility index (Phi) is 5.54. The highest BCUT2D eigenvalue weighted by molar-refractivity contribution is 5.82. The van der Waals surface area contributed by atoms with Crippen LogP contribution in [0.2, 0.25) is 0 Å². The van der Waals surface area contributed by atoms with Crippen molar-refractivity contribution in [1.82, 2.24) is 9.55 Å². The van der Waals surface area contributed by atoms with Gasteiger partial charge in [-0.3, -0.25) is 0 Å². The first-order valence-electron chi connectivity index (χ1n) is 10.7. The molecule has 0 atom stereocenters. The molecule has 5 rings (SSSR count). The Morgan fingerprint density at radius 1 is 0.688 bits per heavy atom. The second-order valence-corrected chi connectivity index (χ2v) is 7.66. The van der Waals surface area contributed by atoms with Gasteiger partial charge in [-0.2, -0.15) is 0 Å². The molecule has 0 bridgehead atoms. The van der Waals surface area contributed by atoms with Crippen molar-refractivity contribution >= 4 is 0 Å². The van der Waals surface area contributed by atoms with Gasteiger partial charge in [0, 0.05) is 18.0 Å². The minimum absolute atomic E-state index is 0.00437. The summed E-state index contributed by atoms with van der Waals surface area (Å²) in [7, 11) is 1.70. The fourth-order valence-electron chi connectivity index (χ4n) is 4.22. The van der Waals surface area contributed by atoms with E-state index in [1.54, 1.807) is 7.11 Å². The highest BCUT2D eigenvalue weighted by Crippen LogP contribution is 2.37. The van der Waals surface area contributed by atoms with Crippen molar-refractivity contribution in [2.75, 3.05) is 7.11 Å². The van der Waals surface area contributed by atoms with Crippen molar-refractivity contribution < 1.29 is 4.74 Å². The smallest absolute Gasteiger partial charge is 0.141 e. The predicted molar refractivity (Wildman–Crippen MR) is 130 cm³/mol. The van der Waals surface area contributed by atoms with Gasteiger partial charge in [-0.15, -0.1) is 0 Å². The Balaban J connectivity index is 1.73. The molecule has 0 unspecified atom stereocenters. The number of hydrogen-bond donors (Lipinski definition) is 0. The summed E-state index contributed by atoms with van der Waals surface area (Å²) < 4.78 is 7.83. The molecular weight excluding hydrogens is 392 g/mol. The van der Waals surface area contributed by atoms with Gasteiger partial charge in [0.15, 0.2) is 0 Å². The summed E-state index contributed by atoms with van der Waals surface area (Å²) in [6, 6.07) is 37.8. The van der Waals surface area contributed by atoms with E-state index in [1.165, 1.54) is 11.1 Å². The van der Waals surface area contributed by atoms with Crippen LogP contribution in [-0.2, 0) is 0 Å². The van der Waals surface area contributed by atoms with Gasteiger partial charge in [0.25, 0.3) is 0 Å². The molecule has 3 nitrogen and oxygen atoms in total. The van der Waals surface area contributed by atoms with Crippen molar-refractivity contribution in [2.45, 2.75) is 6.04 Å². The zero-order chi connectivity index (χ0) is 21.8. The van der Waals surface area contributed by atoms with Crippen LogP contribution in [0.1, 0.15) is 17.2 Å². The molecule has 0 saturated heterocycles. The lowest BCUT2D eigenvalue weighted by molar-refractivity contribution is 0.415. The van der Waals surface area contributed by atoms with Crippen molar-refractivity contribution in [3.8, 4) is 28.3 Å². The standard InChI is InChI=1S/C29H24N2O/c1-32-25-17-18-26(22-11-5-2-6-12-22)27(21-25)29-30-19-20-31(29)28(23-13-7-3-8-14-23)24-15-9-4-10-16-24/h2-21,28H,1H3. The molecule has 32 heavy (non-hydrogen) atoms. The molecule has 0 radical (unpaired) electrons. The Morgan fingerprint density at radius 3 is 1.88 bits per heavy atom. The first-order valence-corrected chi connectivity index (χ1v) is 10.7. The molecule has 0 spiro atoms. The van der Waals surface area contributed by atoms with Crippen LogP contribution in [0.4, 0.5) is 0 Å². The van der Waals surface area contributed by atoms with E-state index in [9.17, 15) is 0 Å². The second kappa shape index (κ2) is 8.94. The molecule has 0 N–H and O–H groups in total. The van der Waals surface area contributed by atoms with Crippen LogP contribution >= 0.6 is 0 Å². The van der Waals surface area contributed by atoms with Crippen LogP contribution in [-0.4, -0.2) is 16.7 Å². The van der Waals surface area contributed by atoms with E-state index in [0.717, 1.165) is 28.3 Å². The third-order valence-corrected chi connectivity index (χ3v) is 5.73. The average molecular weight is 417 g/mol. The van der Waals surface area contributed by atoms with Crippen LogP contribution in [0, 0.1) is 0 Å². The van der Waals surface area contributed by atoms with E-state index >= 15 is 0 Å². The lowest BCUT2D eigenvalue weighted by atomic mass is 9.96. The molecule has 0 aliphatic rings. The largest absolute Gasteiger partial charge is 0.497 e. The number of hydrogen-bond acceptors (Lipinski definition) is 2. The molecule has 0 aliphatic heterocycles. The molecular formula is C29H24N2O. The van der Waals surface area contributed by atoms with Gasteiger partial charge in [0.1, 0.15) is 11.6 Å². The Morgan fingerprint density at radius 2 is 1.28 bits per heavy atom. The SMILES string of the molecule is COc1ccc(-c2ccccc2)c(-c2nccn2C(c2ccccc2)c2ccccc2)c1. The lowest BCUT2D eigenvalue weighted by Gasteiger charge is -2.23. The summed E-state index contributed by atoms with van der Waals surface area (Å²) in [5.41, 5.74) is 5.73. The molecule has 1 heterocycles. The van der Waals surface area contributed by atoms with Gasteiger partial charge >= 0.3 is 0 Å². The fourth-order valence-corrected chi connectivity index (χ4v) is 4.22. The van der Waals surface area contributed by atoms with E-state index in [-0.39, 0.29) is 6.04 Å². The molecule has 156 valence electrons. The number of ether oxygens (including phenoxy) is 1. The number of imidazole rings is 1. The van der Waals surface area contributed by atoms with Crippen LogP contribution in [0.5, 0.6) is 5.75 Å². The summed E-state index contributed by atoms with van der Waals surface area (Å²) in [6.07, 6.45) is 3.94. The average Bonchev–Trinajstić information content (AvgIpc) is 3.35. The third kappa shape index (κ3) is 3.81. The van der Waals surface area contributed by atoms with E-state index in [0.29, 0.717) is 0 Å². The van der Waals surface area contributed by atoms with Gasteiger partial charge in [0.05, 0.1) is 13.2 Å². The van der Waals surface area contributed by atoms with E-state index < -0.39 is 0 Å². The number of nitrogens with zero attached hydrogens (tertiary/aromatic N) is 2. The second-order valence-electron chi connectivity index (χ2n) is 7.66. The normalized spacial score (nSPS) is 10.9. The summed E-state index contributed by atoms with van der Waals surface area (Å²) >= 11 is 0. The maximum absolute atomic E-state index is 5.58. The molecule has 4 aromatic carbocycles. The number of methoxy groups -OCH3 is 1. The summed E-state index contributed by atoms with van der Waals surface area (Å²) in [4.78, 5) is 4.83. The molecule has 3 heteroatoms. The molecule has 0 fully saturated rings. The van der Waals surface area contributed by atoms with Crippen molar-refractivity contribution in [2.24, 2.45) is 0 Å². The van der Waals surface area contributed by atoms with Crippen molar-refractivity contribution in [3.63, 3.8) is 0 Å². The first-order chi connectivity index (χ1) is 15.8. The van der Waals surface area contributed by atoms with Crippen molar-refractivity contribution in [1.29, 1.82) is 0 Å². The maximum atomic E-state index is 5.58. The molecule has 1 aromatic heterocycles. The summed E-state index contributed by atoms with van der Waals surface area (Å²) in [5.74, 6) is 1.71. The first kappa shape index (κ1) is 19.8. The van der Waals surface area contributed by atoms with Gasteiger partial charge in [-0.25, -0.2) is 4.98 Å². The lowest BCUT2D eigenvalue weighted by Crippen LogP contribution is -2.13. The molecule has 0 aliphatic carbocycles. The Labute approximate surface area is 188 Å². The number of benzene rings is 4. The minimum atomic E-state index is 0.00437. The van der Waals surface area contributed by atoms with E-state index in [2.05, 4.69) is 108 Å². The van der Waals surface area contributed by atoms with Crippen LogP contribution in [0.25, 0.3) is 22.5 Å². The van der Waals surface area contributed by atoms with Gasteiger partial charge in [0.2, 0.25) is 0 Å². The van der Waals surface area contributed by atoms with Gasteiger partial charge in [-0.1, -0.05) is 91.0 Å². The monoisotopic (exact) mass is 416 g/mol. The molecule has 5 aromatic rings. The highest BCUT2D eigenvalue weighted by atomic mass is 16.5. The fraction of sp³-hybridized carbons (Fsp3) is 0.0690. The number of rotatable bonds is 6. The van der Waals surface area contributed by atoms with Crippen LogP contribution < -0.4 is 4.74 Å². The van der Waals surface area contributed by atoms with Crippen LogP contribution in [0.3, 0.4) is 0 Å². The zero-order valence-corrected chi connectivity index (χ0v) is 17.9. The maximum Gasteiger partial charge on any atom is 0.141 e. The molecule has 0 amide bonds. The van der Waals surface area contributed by atoms with Gasteiger partial charge in [-0.05, 0) is 40.5 Å². The Hall–Kier alpha value is -4.11. The quantitative estimate of drug-likeness (QED) is 0.302. The van der Waals surface area contributed by atoms with Crippen LogP contribution in [0.15, 0.2) is 122 Å².